The number of carbonyl (C=O) groups is 2. The summed E-state index contributed by atoms with van der Waals surface area (Å²) in [7, 11) is 1.58. The van der Waals surface area contributed by atoms with Gasteiger partial charge in [-0.1, -0.05) is 24.3 Å². The number of nitrogens with zero attached hydrogens (tertiary/aromatic N) is 1. The smallest absolute Gasteiger partial charge is 0.251 e. The summed E-state index contributed by atoms with van der Waals surface area (Å²) in [6.45, 7) is 1.66. The van der Waals surface area contributed by atoms with Crippen LogP contribution in [-0.2, 0) is 4.79 Å². The van der Waals surface area contributed by atoms with E-state index in [-0.39, 0.29) is 17.9 Å². The molecule has 1 heterocycles. The Morgan fingerprint density at radius 2 is 1.75 bits per heavy atom. The molecule has 6 nitrogen and oxygen atoms in total. The molecule has 0 atom stereocenters. The third-order valence-electron chi connectivity index (χ3n) is 4.84. The Kier molecular flexibility index (Phi) is 6.89. The molecule has 0 spiro atoms. The molecule has 1 aliphatic heterocycles. The van der Waals surface area contributed by atoms with Crippen LogP contribution in [0.15, 0.2) is 54.6 Å². The van der Waals surface area contributed by atoms with Crippen molar-refractivity contribution in [3.8, 4) is 11.5 Å². The van der Waals surface area contributed by atoms with Crippen LogP contribution in [0.4, 0.5) is 0 Å². The van der Waals surface area contributed by atoms with Crippen molar-refractivity contribution >= 4 is 11.8 Å². The zero-order valence-electron chi connectivity index (χ0n) is 16.1. The van der Waals surface area contributed by atoms with Crippen molar-refractivity contribution in [1.82, 2.24) is 10.2 Å². The second kappa shape index (κ2) is 9.78. The molecule has 1 saturated heterocycles. The van der Waals surface area contributed by atoms with E-state index in [1.807, 2.05) is 41.3 Å². The summed E-state index contributed by atoms with van der Waals surface area (Å²) in [4.78, 5) is 26.6. The van der Waals surface area contributed by atoms with Crippen LogP contribution in [0, 0.1) is 0 Å². The highest BCUT2D eigenvalue weighted by atomic mass is 16.5. The van der Waals surface area contributed by atoms with Gasteiger partial charge in [0, 0.05) is 24.7 Å². The summed E-state index contributed by atoms with van der Waals surface area (Å²) in [5, 5.41) is 3.05. The van der Waals surface area contributed by atoms with E-state index in [9.17, 15) is 9.59 Å². The molecule has 0 bridgehead atoms. The molecule has 6 heteroatoms. The summed E-state index contributed by atoms with van der Waals surface area (Å²) >= 11 is 0. The van der Waals surface area contributed by atoms with Gasteiger partial charge in [0.15, 0.2) is 0 Å². The molecule has 2 amide bonds. The molecular formula is C22H26N2O4. The van der Waals surface area contributed by atoms with Gasteiger partial charge in [0.25, 0.3) is 5.91 Å². The minimum Gasteiger partial charge on any atom is -0.497 e. The Hall–Kier alpha value is -3.02. The van der Waals surface area contributed by atoms with Gasteiger partial charge in [-0.25, -0.2) is 0 Å². The summed E-state index contributed by atoms with van der Waals surface area (Å²) in [5.74, 6) is 1.41. The SMILES string of the molecule is COc1cccc(C(=O)NC2CCN(C(=O)CCOc3ccccc3)CC2)c1. The molecule has 0 aliphatic carbocycles. The molecule has 2 aromatic rings. The van der Waals surface area contributed by atoms with Crippen LogP contribution in [0.5, 0.6) is 11.5 Å². The van der Waals surface area contributed by atoms with Gasteiger partial charge >= 0.3 is 0 Å². The zero-order valence-corrected chi connectivity index (χ0v) is 16.1. The van der Waals surface area contributed by atoms with Gasteiger partial charge in [0.1, 0.15) is 11.5 Å². The van der Waals surface area contributed by atoms with Crippen molar-refractivity contribution in [1.29, 1.82) is 0 Å². The standard InChI is InChI=1S/C22H26N2O4/c1-27-20-9-5-6-17(16-20)22(26)23-18-10-13-24(14-11-18)21(25)12-15-28-19-7-3-2-4-8-19/h2-9,16,18H,10-15H2,1H3,(H,23,26). The number of ether oxygens (including phenoxy) is 2. The first kappa shape index (κ1) is 19.7. The maximum atomic E-state index is 12.4. The third-order valence-corrected chi connectivity index (χ3v) is 4.84. The molecule has 1 aliphatic rings. The fourth-order valence-electron chi connectivity index (χ4n) is 3.24. The lowest BCUT2D eigenvalue weighted by Gasteiger charge is -2.32. The number of carbonyl (C=O) groups excluding carboxylic acids is 2. The Labute approximate surface area is 165 Å². The number of methoxy groups -OCH3 is 1. The molecular weight excluding hydrogens is 356 g/mol. The molecule has 1 fully saturated rings. The van der Waals surface area contributed by atoms with Crippen LogP contribution >= 0.6 is 0 Å². The molecule has 2 aromatic carbocycles. The van der Waals surface area contributed by atoms with Gasteiger partial charge in [-0.2, -0.15) is 0 Å². The Balaban J connectivity index is 1.40. The van der Waals surface area contributed by atoms with E-state index < -0.39 is 0 Å². The average Bonchev–Trinajstić information content (AvgIpc) is 2.75. The molecule has 28 heavy (non-hydrogen) atoms. The Morgan fingerprint density at radius 1 is 1.04 bits per heavy atom. The maximum absolute atomic E-state index is 12.4. The van der Waals surface area contributed by atoms with Crippen LogP contribution < -0.4 is 14.8 Å². The number of rotatable bonds is 7. The van der Waals surface area contributed by atoms with Gasteiger partial charge in [-0.05, 0) is 43.2 Å². The highest BCUT2D eigenvalue weighted by molar-refractivity contribution is 5.94. The number of hydrogen-bond acceptors (Lipinski definition) is 4. The van der Waals surface area contributed by atoms with Crippen molar-refractivity contribution in [2.75, 3.05) is 26.8 Å². The van der Waals surface area contributed by atoms with Crippen molar-refractivity contribution < 1.29 is 19.1 Å². The number of benzene rings is 2. The van der Waals surface area contributed by atoms with Crippen molar-refractivity contribution in [2.45, 2.75) is 25.3 Å². The summed E-state index contributed by atoms with van der Waals surface area (Å²) < 4.78 is 10.8. The first-order valence-electron chi connectivity index (χ1n) is 9.56. The summed E-state index contributed by atoms with van der Waals surface area (Å²) in [6.07, 6.45) is 1.86. The van der Waals surface area contributed by atoms with Crippen LogP contribution in [-0.4, -0.2) is 49.6 Å². The molecule has 0 aromatic heterocycles. The summed E-state index contributed by atoms with van der Waals surface area (Å²) in [6, 6.07) is 16.7. The third kappa shape index (κ3) is 5.49. The minimum absolute atomic E-state index is 0.0725. The lowest BCUT2D eigenvalue weighted by molar-refractivity contribution is -0.132. The average molecular weight is 382 g/mol. The van der Waals surface area contributed by atoms with E-state index >= 15 is 0 Å². The zero-order chi connectivity index (χ0) is 19.8. The predicted molar refractivity (Wildman–Crippen MR) is 107 cm³/mol. The Morgan fingerprint density at radius 3 is 2.46 bits per heavy atom. The van der Waals surface area contributed by atoms with Crippen LogP contribution in [0.1, 0.15) is 29.6 Å². The molecule has 148 valence electrons. The van der Waals surface area contributed by atoms with E-state index in [0.29, 0.717) is 37.4 Å². The largest absolute Gasteiger partial charge is 0.497 e. The quantitative estimate of drug-likeness (QED) is 0.800. The molecule has 1 N–H and O–H groups in total. The van der Waals surface area contributed by atoms with Gasteiger partial charge in [-0.3, -0.25) is 9.59 Å². The van der Waals surface area contributed by atoms with Crippen molar-refractivity contribution in [3.63, 3.8) is 0 Å². The van der Waals surface area contributed by atoms with Crippen LogP contribution in [0.3, 0.4) is 0 Å². The van der Waals surface area contributed by atoms with Crippen molar-refractivity contribution in [2.24, 2.45) is 0 Å². The first-order chi connectivity index (χ1) is 13.7. The highest BCUT2D eigenvalue weighted by Crippen LogP contribution is 2.16. The van der Waals surface area contributed by atoms with E-state index in [1.54, 1.807) is 25.3 Å². The second-order valence-corrected chi connectivity index (χ2v) is 6.77. The van der Waals surface area contributed by atoms with Crippen molar-refractivity contribution in [3.05, 3.63) is 60.2 Å². The normalized spacial score (nSPS) is 14.4. The molecule has 3 rings (SSSR count). The lowest BCUT2D eigenvalue weighted by Crippen LogP contribution is -2.46. The fraction of sp³-hybridized carbons (Fsp3) is 0.364. The fourth-order valence-corrected chi connectivity index (χ4v) is 3.24. The monoisotopic (exact) mass is 382 g/mol. The highest BCUT2D eigenvalue weighted by Gasteiger charge is 2.24. The van der Waals surface area contributed by atoms with E-state index in [4.69, 9.17) is 9.47 Å². The number of para-hydroxylation sites is 1. The number of nitrogens with one attached hydrogen (secondary N) is 1. The van der Waals surface area contributed by atoms with E-state index in [2.05, 4.69) is 5.32 Å². The van der Waals surface area contributed by atoms with Crippen LogP contribution in [0.25, 0.3) is 0 Å². The lowest BCUT2D eigenvalue weighted by atomic mass is 10.0. The minimum atomic E-state index is -0.111. The molecule has 0 unspecified atom stereocenters. The van der Waals surface area contributed by atoms with Gasteiger partial charge in [0.2, 0.25) is 5.91 Å². The van der Waals surface area contributed by atoms with E-state index in [1.165, 1.54) is 0 Å². The Bertz CT molecular complexity index is 786. The second-order valence-electron chi connectivity index (χ2n) is 6.77. The number of hydrogen-bond donors (Lipinski definition) is 1. The van der Waals surface area contributed by atoms with Gasteiger partial charge in [-0.15, -0.1) is 0 Å². The van der Waals surface area contributed by atoms with Gasteiger partial charge in [0.05, 0.1) is 20.1 Å². The van der Waals surface area contributed by atoms with E-state index in [0.717, 1.165) is 18.6 Å². The maximum Gasteiger partial charge on any atom is 0.251 e. The number of likely N-dealkylation sites (tertiary alicyclic amines) is 1. The summed E-state index contributed by atoms with van der Waals surface area (Å²) in [5.41, 5.74) is 0.580. The molecule has 0 radical (unpaired) electrons. The number of piperidine rings is 1. The molecule has 0 saturated carbocycles. The predicted octanol–water partition coefficient (Wildman–Crippen LogP) is 2.89. The van der Waals surface area contributed by atoms with Gasteiger partial charge < -0.3 is 19.7 Å². The topological polar surface area (TPSA) is 67.9 Å². The number of amides is 2. The van der Waals surface area contributed by atoms with Crippen LogP contribution in [0.2, 0.25) is 0 Å². The first-order valence-corrected chi connectivity index (χ1v) is 9.56.